The maximum Gasteiger partial charge on any atom is 0.324 e. The Hall–Kier alpha value is -2.96. The van der Waals surface area contributed by atoms with Crippen molar-refractivity contribution in [2.24, 2.45) is 0 Å². The van der Waals surface area contributed by atoms with E-state index in [9.17, 15) is 23.3 Å². The van der Waals surface area contributed by atoms with Crippen LogP contribution in [0.1, 0.15) is 24.8 Å². The minimum atomic E-state index is -4.03. The lowest BCUT2D eigenvalue weighted by atomic mass is 10.1. The van der Waals surface area contributed by atoms with Crippen molar-refractivity contribution in [2.75, 3.05) is 6.54 Å². The molecular formula is C19H18N4O6S2. The second-order valence-corrected chi connectivity index (χ2v) is 9.40. The van der Waals surface area contributed by atoms with Crippen molar-refractivity contribution in [2.45, 2.75) is 36.8 Å². The minimum absolute atomic E-state index is 0.00264. The van der Waals surface area contributed by atoms with E-state index in [1.807, 2.05) is 0 Å². The van der Waals surface area contributed by atoms with Crippen molar-refractivity contribution in [3.63, 3.8) is 0 Å². The number of piperidine rings is 1. The predicted octanol–water partition coefficient (Wildman–Crippen LogP) is 2.89. The Morgan fingerprint density at radius 3 is 2.81 bits per heavy atom. The van der Waals surface area contributed by atoms with Crippen molar-refractivity contribution >= 4 is 44.4 Å². The molecule has 1 unspecified atom stereocenters. The monoisotopic (exact) mass is 462 g/mol. The zero-order valence-electron chi connectivity index (χ0n) is 16.2. The Kier molecular flexibility index (Phi) is 5.94. The summed E-state index contributed by atoms with van der Waals surface area (Å²) in [6.07, 6.45) is 1.58. The normalized spacial score (nSPS) is 17.5. The fraction of sp³-hybridized carbons (Fsp3) is 0.316. The zero-order valence-corrected chi connectivity index (χ0v) is 17.8. The van der Waals surface area contributed by atoms with Crippen LogP contribution in [-0.2, 0) is 26.2 Å². The molecule has 1 aromatic heterocycles. The highest BCUT2D eigenvalue weighted by molar-refractivity contribution is 7.89. The molecule has 31 heavy (non-hydrogen) atoms. The van der Waals surface area contributed by atoms with Crippen molar-refractivity contribution in [1.29, 1.82) is 0 Å². The molecule has 10 nitrogen and oxygen atoms in total. The molecule has 1 fully saturated rings. The summed E-state index contributed by atoms with van der Waals surface area (Å²) in [6.45, 7) is -0.145. The van der Waals surface area contributed by atoms with E-state index < -0.39 is 27.0 Å². The molecule has 0 amide bonds. The Balaban J connectivity index is 1.58. The van der Waals surface area contributed by atoms with Gasteiger partial charge in [0.2, 0.25) is 10.0 Å². The minimum Gasteiger partial charge on any atom is -0.459 e. The summed E-state index contributed by atoms with van der Waals surface area (Å²) in [4.78, 5) is 23.4. The highest BCUT2D eigenvalue weighted by atomic mass is 32.2. The predicted molar refractivity (Wildman–Crippen MR) is 112 cm³/mol. The molecule has 0 bridgehead atoms. The molecule has 12 heteroatoms. The van der Waals surface area contributed by atoms with Crippen LogP contribution in [-0.4, -0.2) is 44.9 Å². The molecule has 0 N–H and O–H groups in total. The lowest BCUT2D eigenvalue weighted by Gasteiger charge is -2.33. The largest absolute Gasteiger partial charge is 0.459 e. The van der Waals surface area contributed by atoms with Gasteiger partial charge in [0.25, 0.3) is 5.69 Å². The first kappa shape index (κ1) is 21.3. The molecular weight excluding hydrogens is 444 g/mol. The van der Waals surface area contributed by atoms with Crippen molar-refractivity contribution in [3.8, 4) is 0 Å². The van der Waals surface area contributed by atoms with Gasteiger partial charge in [-0.2, -0.15) is 13.1 Å². The number of nitro benzene ring substituents is 1. The van der Waals surface area contributed by atoms with Crippen LogP contribution in [0.5, 0.6) is 0 Å². The molecule has 1 saturated heterocycles. The number of hydrogen-bond donors (Lipinski definition) is 0. The highest BCUT2D eigenvalue weighted by Gasteiger charge is 2.39. The van der Waals surface area contributed by atoms with E-state index in [-0.39, 0.29) is 34.8 Å². The average molecular weight is 463 g/mol. The maximum absolute atomic E-state index is 13.4. The van der Waals surface area contributed by atoms with E-state index in [2.05, 4.69) is 8.75 Å². The summed E-state index contributed by atoms with van der Waals surface area (Å²) < 4.78 is 41.4. The number of benzene rings is 2. The number of aromatic nitrogens is 2. The summed E-state index contributed by atoms with van der Waals surface area (Å²) >= 11 is 0.917. The van der Waals surface area contributed by atoms with E-state index in [0.29, 0.717) is 24.8 Å². The van der Waals surface area contributed by atoms with Crippen molar-refractivity contribution in [1.82, 2.24) is 13.1 Å². The number of nitro groups is 1. The number of ether oxygens (including phenoxy) is 1. The molecule has 162 valence electrons. The summed E-state index contributed by atoms with van der Waals surface area (Å²) in [5, 5.41) is 11.2. The molecule has 4 rings (SSSR count). The first-order valence-corrected chi connectivity index (χ1v) is 11.7. The summed E-state index contributed by atoms with van der Waals surface area (Å²) in [5.41, 5.74) is 0.819. The van der Waals surface area contributed by atoms with Gasteiger partial charge >= 0.3 is 5.97 Å². The van der Waals surface area contributed by atoms with E-state index in [4.69, 9.17) is 4.74 Å². The molecule has 1 aliphatic heterocycles. The van der Waals surface area contributed by atoms with Crippen LogP contribution in [0.2, 0.25) is 0 Å². The van der Waals surface area contributed by atoms with Gasteiger partial charge in [0.1, 0.15) is 28.6 Å². The van der Waals surface area contributed by atoms with E-state index in [1.165, 1.54) is 24.3 Å². The first-order chi connectivity index (χ1) is 14.9. The number of carbonyl (C=O) groups excluding carboxylic acids is 1. The Labute approximate surface area is 182 Å². The van der Waals surface area contributed by atoms with Gasteiger partial charge in [-0.3, -0.25) is 14.9 Å². The molecule has 3 aromatic rings. The summed E-state index contributed by atoms with van der Waals surface area (Å²) in [7, 11) is -4.03. The van der Waals surface area contributed by atoms with Crippen LogP contribution >= 0.6 is 11.7 Å². The number of sulfonamides is 1. The summed E-state index contributed by atoms with van der Waals surface area (Å²) in [6, 6.07) is 9.64. The zero-order chi connectivity index (χ0) is 22.0. The van der Waals surface area contributed by atoms with Gasteiger partial charge in [-0.05, 0) is 37.5 Å². The van der Waals surface area contributed by atoms with Crippen LogP contribution in [0.25, 0.3) is 11.0 Å². The number of fused-ring (bicyclic) bond motifs is 1. The fourth-order valence-electron chi connectivity index (χ4n) is 3.60. The second kappa shape index (κ2) is 8.65. The molecule has 0 aliphatic carbocycles. The van der Waals surface area contributed by atoms with Crippen LogP contribution < -0.4 is 0 Å². The number of esters is 1. The van der Waals surface area contributed by atoms with Crippen LogP contribution in [0.15, 0.2) is 47.4 Å². The van der Waals surface area contributed by atoms with E-state index in [1.54, 1.807) is 18.2 Å². The van der Waals surface area contributed by atoms with Gasteiger partial charge in [0, 0.05) is 12.6 Å². The van der Waals surface area contributed by atoms with Crippen molar-refractivity contribution in [3.05, 3.63) is 58.1 Å². The molecule has 0 saturated carbocycles. The van der Waals surface area contributed by atoms with Gasteiger partial charge in [0.15, 0.2) is 0 Å². The third kappa shape index (κ3) is 4.13. The number of hydrogen-bond acceptors (Lipinski definition) is 9. The molecule has 2 aromatic carbocycles. The lowest BCUT2D eigenvalue weighted by Crippen LogP contribution is -2.48. The first-order valence-electron chi connectivity index (χ1n) is 9.51. The van der Waals surface area contributed by atoms with E-state index >= 15 is 0 Å². The number of carbonyl (C=O) groups is 1. The molecule has 2 heterocycles. The molecule has 1 atom stereocenters. The van der Waals surface area contributed by atoms with Crippen molar-refractivity contribution < 1.29 is 22.9 Å². The van der Waals surface area contributed by atoms with Crippen LogP contribution in [0.3, 0.4) is 0 Å². The summed E-state index contributed by atoms with van der Waals surface area (Å²) in [5.74, 6) is -0.731. The molecule has 0 radical (unpaired) electrons. The molecule has 1 aliphatic rings. The quantitative estimate of drug-likeness (QED) is 0.310. The van der Waals surface area contributed by atoms with Gasteiger partial charge in [-0.1, -0.05) is 18.2 Å². The Bertz CT molecular complexity index is 1240. The van der Waals surface area contributed by atoms with Crippen LogP contribution in [0.4, 0.5) is 5.69 Å². The topological polar surface area (TPSA) is 133 Å². The van der Waals surface area contributed by atoms with E-state index in [0.717, 1.165) is 16.0 Å². The fourth-order valence-corrected chi connectivity index (χ4v) is 6.00. The standard InChI is InChI=1S/C19H18N4O6S2/c24-19(29-12-13-6-1-2-8-15(13)23(25)26)16-9-3-4-11-22(16)31(27,28)17-10-5-7-14-18(17)21-30-20-14/h1-2,5-8,10,16H,3-4,9,11-12H2. The molecule has 0 spiro atoms. The SMILES string of the molecule is O=C(OCc1ccccc1[N+](=O)[O-])C1CCCCN1S(=O)(=O)c1cccc2nsnc12. The van der Waals surface area contributed by atoms with Gasteiger partial charge < -0.3 is 4.74 Å². The van der Waals surface area contributed by atoms with Crippen LogP contribution in [0, 0.1) is 10.1 Å². The lowest BCUT2D eigenvalue weighted by molar-refractivity contribution is -0.385. The third-order valence-corrected chi connectivity index (χ3v) is 7.60. The average Bonchev–Trinajstić information content (AvgIpc) is 3.26. The number of rotatable bonds is 6. The Morgan fingerprint density at radius 2 is 2.00 bits per heavy atom. The smallest absolute Gasteiger partial charge is 0.324 e. The number of para-hydroxylation sites is 1. The van der Waals surface area contributed by atoms with Gasteiger partial charge in [-0.15, -0.1) is 0 Å². The maximum atomic E-state index is 13.4. The number of nitrogens with zero attached hydrogens (tertiary/aromatic N) is 4. The van der Waals surface area contributed by atoms with Gasteiger partial charge in [0.05, 0.1) is 22.2 Å². The Morgan fingerprint density at radius 1 is 1.19 bits per heavy atom. The highest BCUT2D eigenvalue weighted by Crippen LogP contribution is 2.30. The third-order valence-electron chi connectivity index (χ3n) is 5.12. The second-order valence-electron chi connectivity index (χ2n) is 7.01. The van der Waals surface area contributed by atoms with Gasteiger partial charge in [-0.25, -0.2) is 8.42 Å².